The van der Waals surface area contributed by atoms with Crippen LogP contribution in [0.15, 0.2) is 30.3 Å². The molecule has 0 aliphatic carbocycles. The van der Waals surface area contributed by atoms with Gasteiger partial charge in [-0.3, -0.25) is 4.90 Å². The van der Waals surface area contributed by atoms with Gasteiger partial charge in [0.2, 0.25) is 0 Å². The first kappa shape index (κ1) is 13.5. The molecule has 0 spiro atoms. The Bertz CT molecular complexity index is 385. The molecule has 0 aromatic heterocycles. The van der Waals surface area contributed by atoms with Gasteiger partial charge in [0, 0.05) is 38.6 Å². The van der Waals surface area contributed by atoms with E-state index in [1.807, 2.05) is 18.2 Å². The van der Waals surface area contributed by atoms with Crippen LogP contribution in [0.3, 0.4) is 0 Å². The summed E-state index contributed by atoms with van der Waals surface area (Å²) < 4.78 is 0. The maximum Gasteiger partial charge on any atom is 0.0816 e. The minimum Gasteiger partial charge on any atom is -0.393 e. The number of benzene rings is 1. The number of piperazine rings is 1. The molecule has 18 heavy (non-hydrogen) atoms. The van der Waals surface area contributed by atoms with Gasteiger partial charge in [-0.25, -0.2) is 0 Å². The average molecular weight is 263 g/mol. The molecule has 3 nitrogen and oxygen atoms in total. The van der Waals surface area contributed by atoms with Crippen LogP contribution >= 0.6 is 12.2 Å². The van der Waals surface area contributed by atoms with Gasteiger partial charge in [0.05, 0.1) is 4.99 Å². The molecule has 0 radical (unpaired) electrons. The van der Waals surface area contributed by atoms with E-state index in [0.29, 0.717) is 4.99 Å². The lowest BCUT2D eigenvalue weighted by Gasteiger charge is -2.34. The van der Waals surface area contributed by atoms with Crippen LogP contribution in [0, 0.1) is 0 Å². The standard InChI is InChI=1S/C14H21N3S/c1-16-7-9-17(10-8-16)11-13(14(15)18)12-5-3-2-4-6-12/h2-6,13H,7-11H2,1H3,(H2,15,18). The largest absolute Gasteiger partial charge is 0.393 e. The Morgan fingerprint density at radius 3 is 2.39 bits per heavy atom. The predicted molar refractivity (Wildman–Crippen MR) is 79.9 cm³/mol. The van der Waals surface area contributed by atoms with E-state index >= 15 is 0 Å². The van der Waals surface area contributed by atoms with Crippen molar-refractivity contribution in [3.63, 3.8) is 0 Å². The molecule has 98 valence electrons. The van der Waals surface area contributed by atoms with E-state index in [1.165, 1.54) is 5.56 Å². The minimum absolute atomic E-state index is 0.171. The van der Waals surface area contributed by atoms with Crippen molar-refractivity contribution in [2.45, 2.75) is 5.92 Å². The predicted octanol–water partition coefficient (Wildman–Crippen LogP) is 1.30. The van der Waals surface area contributed by atoms with Crippen LogP contribution < -0.4 is 5.73 Å². The first-order chi connectivity index (χ1) is 8.66. The lowest BCUT2D eigenvalue weighted by atomic mass is 9.98. The molecule has 1 aliphatic heterocycles. The smallest absolute Gasteiger partial charge is 0.0816 e. The molecular weight excluding hydrogens is 242 g/mol. The minimum atomic E-state index is 0.171. The summed E-state index contributed by atoms with van der Waals surface area (Å²) in [5, 5.41) is 0. The summed E-state index contributed by atoms with van der Waals surface area (Å²) in [6, 6.07) is 10.3. The van der Waals surface area contributed by atoms with Gasteiger partial charge in [-0.2, -0.15) is 0 Å². The number of nitrogens with two attached hydrogens (primary N) is 1. The number of hydrogen-bond donors (Lipinski definition) is 1. The molecule has 1 aliphatic rings. The fourth-order valence-corrected chi connectivity index (χ4v) is 2.54. The molecule has 2 rings (SSSR count). The van der Waals surface area contributed by atoms with E-state index in [4.69, 9.17) is 18.0 Å². The van der Waals surface area contributed by atoms with Crippen molar-refractivity contribution in [3.8, 4) is 0 Å². The van der Waals surface area contributed by atoms with Gasteiger partial charge in [0.1, 0.15) is 0 Å². The molecular formula is C14H21N3S. The molecule has 1 aromatic carbocycles. The highest BCUT2D eigenvalue weighted by molar-refractivity contribution is 7.80. The van der Waals surface area contributed by atoms with Crippen molar-refractivity contribution in [2.24, 2.45) is 5.73 Å². The normalized spacial score (nSPS) is 19.6. The van der Waals surface area contributed by atoms with E-state index in [1.54, 1.807) is 0 Å². The molecule has 4 heteroatoms. The second kappa shape index (κ2) is 6.27. The third-order valence-corrected chi connectivity index (χ3v) is 3.87. The maximum absolute atomic E-state index is 5.91. The Labute approximate surface area is 115 Å². The Balaban J connectivity index is 2.01. The monoisotopic (exact) mass is 263 g/mol. The van der Waals surface area contributed by atoms with Crippen LogP contribution in [0.5, 0.6) is 0 Å². The lowest BCUT2D eigenvalue weighted by molar-refractivity contribution is 0.153. The highest BCUT2D eigenvalue weighted by Gasteiger charge is 2.21. The number of likely N-dealkylation sites (N-methyl/N-ethyl adjacent to an activating group) is 1. The highest BCUT2D eigenvalue weighted by Crippen LogP contribution is 2.18. The van der Waals surface area contributed by atoms with Gasteiger partial charge in [-0.15, -0.1) is 0 Å². The van der Waals surface area contributed by atoms with Crippen LogP contribution in [0.25, 0.3) is 0 Å². The molecule has 0 amide bonds. The quantitative estimate of drug-likeness (QED) is 0.830. The van der Waals surface area contributed by atoms with Gasteiger partial charge in [0.15, 0.2) is 0 Å². The molecule has 1 heterocycles. The van der Waals surface area contributed by atoms with Gasteiger partial charge in [-0.1, -0.05) is 42.5 Å². The molecule has 1 unspecified atom stereocenters. The molecule has 0 saturated carbocycles. The third-order valence-electron chi connectivity index (χ3n) is 3.58. The molecule has 2 N–H and O–H groups in total. The van der Waals surface area contributed by atoms with Gasteiger partial charge in [0.25, 0.3) is 0 Å². The molecule has 0 bridgehead atoms. The van der Waals surface area contributed by atoms with Crippen LogP contribution in [0.1, 0.15) is 11.5 Å². The number of nitrogens with zero attached hydrogens (tertiary/aromatic N) is 2. The Kier molecular flexibility index (Phi) is 4.69. The van der Waals surface area contributed by atoms with Crippen molar-refractivity contribution < 1.29 is 0 Å². The van der Waals surface area contributed by atoms with Crippen LogP contribution in [0.4, 0.5) is 0 Å². The topological polar surface area (TPSA) is 32.5 Å². The first-order valence-corrected chi connectivity index (χ1v) is 6.83. The molecule has 1 fully saturated rings. The molecule has 1 atom stereocenters. The number of thiocarbonyl (C=S) groups is 1. The molecule has 1 aromatic rings. The molecule has 1 saturated heterocycles. The summed E-state index contributed by atoms with van der Waals surface area (Å²) in [6.07, 6.45) is 0. The summed E-state index contributed by atoms with van der Waals surface area (Å²) in [5.74, 6) is 0.171. The van der Waals surface area contributed by atoms with Gasteiger partial charge < -0.3 is 10.6 Å². The number of rotatable bonds is 4. The van der Waals surface area contributed by atoms with Crippen LogP contribution in [-0.2, 0) is 0 Å². The van der Waals surface area contributed by atoms with E-state index < -0.39 is 0 Å². The van der Waals surface area contributed by atoms with Crippen molar-refractivity contribution >= 4 is 17.2 Å². The highest BCUT2D eigenvalue weighted by atomic mass is 32.1. The summed E-state index contributed by atoms with van der Waals surface area (Å²) in [4.78, 5) is 5.41. The maximum atomic E-state index is 5.91. The summed E-state index contributed by atoms with van der Waals surface area (Å²) in [6.45, 7) is 5.38. The van der Waals surface area contributed by atoms with E-state index in [2.05, 4.69) is 29.0 Å². The number of hydrogen-bond acceptors (Lipinski definition) is 3. The first-order valence-electron chi connectivity index (χ1n) is 6.42. The van der Waals surface area contributed by atoms with Crippen molar-refractivity contribution in [3.05, 3.63) is 35.9 Å². The van der Waals surface area contributed by atoms with Gasteiger partial charge in [-0.05, 0) is 12.6 Å². The second-order valence-corrected chi connectivity index (χ2v) is 5.44. The SMILES string of the molecule is CN1CCN(CC(C(N)=S)c2ccccc2)CC1. The van der Waals surface area contributed by atoms with E-state index in [9.17, 15) is 0 Å². The Hall–Kier alpha value is -0.970. The third kappa shape index (κ3) is 3.51. The summed E-state index contributed by atoms with van der Waals surface area (Å²) in [7, 11) is 2.17. The Morgan fingerprint density at radius 2 is 1.83 bits per heavy atom. The summed E-state index contributed by atoms with van der Waals surface area (Å²) >= 11 is 5.23. The zero-order valence-electron chi connectivity index (χ0n) is 10.9. The average Bonchev–Trinajstić information content (AvgIpc) is 2.38. The fourth-order valence-electron chi connectivity index (χ4n) is 2.33. The fraction of sp³-hybridized carbons (Fsp3) is 0.500. The second-order valence-electron chi connectivity index (χ2n) is 4.97. The van der Waals surface area contributed by atoms with Gasteiger partial charge >= 0.3 is 0 Å². The Morgan fingerprint density at radius 1 is 1.22 bits per heavy atom. The van der Waals surface area contributed by atoms with Crippen molar-refractivity contribution in [1.82, 2.24) is 9.80 Å². The van der Waals surface area contributed by atoms with E-state index in [0.717, 1.165) is 32.7 Å². The zero-order valence-corrected chi connectivity index (χ0v) is 11.7. The van der Waals surface area contributed by atoms with Crippen molar-refractivity contribution in [1.29, 1.82) is 0 Å². The lowest BCUT2D eigenvalue weighted by Crippen LogP contribution is -2.46. The summed E-state index contributed by atoms with van der Waals surface area (Å²) in [5.41, 5.74) is 7.13. The van der Waals surface area contributed by atoms with Crippen LogP contribution in [0.2, 0.25) is 0 Å². The van der Waals surface area contributed by atoms with Crippen molar-refractivity contribution in [2.75, 3.05) is 39.8 Å². The zero-order chi connectivity index (χ0) is 13.0. The van der Waals surface area contributed by atoms with Crippen LogP contribution in [-0.4, -0.2) is 54.6 Å². The van der Waals surface area contributed by atoms with E-state index in [-0.39, 0.29) is 5.92 Å².